The maximum absolute atomic E-state index is 11.7. The van der Waals surface area contributed by atoms with Crippen molar-refractivity contribution in [3.05, 3.63) is 0 Å². The molecule has 186 valence electrons. The zero-order valence-corrected chi connectivity index (χ0v) is 17.9. The molecule has 0 saturated carbocycles. The molecular weight excluding hydrogens is 464 g/mol. The molecule has 2 aliphatic rings. The number of carbonyl (C=O) groups excluding carboxylic acids is 8. The van der Waals surface area contributed by atoms with Crippen molar-refractivity contribution in [2.24, 2.45) is 0 Å². The van der Waals surface area contributed by atoms with Crippen LogP contribution in [0, 0.1) is 0 Å². The standard InChI is InChI=1S/C18H22N4O12/c23-11(19-7-9-31-17(29)33-21-13(25)3-4-14(21)26)1-2-12(24)20-8-10-32-18(30)34-22-15(27)5-6-16(22)28/h1-10H2,(H,19,23)(H,20,24). The number of carbonyl (C=O) groups is 8. The lowest BCUT2D eigenvalue weighted by atomic mass is 10.3. The molecule has 2 N–H and O–H groups in total. The summed E-state index contributed by atoms with van der Waals surface area (Å²) < 4.78 is 9.24. The van der Waals surface area contributed by atoms with Gasteiger partial charge in [0.1, 0.15) is 13.2 Å². The molecule has 0 bridgehead atoms. The number of amides is 6. The van der Waals surface area contributed by atoms with Crippen LogP contribution in [0.4, 0.5) is 9.59 Å². The van der Waals surface area contributed by atoms with E-state index in [1.807, 2.05) is 0 Å². The summed E-state index contributed by atoms with van der Waals surface area (Å²) in [6.45, 7) is -0.797. The monoisotopic (exact) mass is 486 g/mol. The smallest absolute Gasteiger partial charge is 0.431 e. The highest BCUT2D eigenvalue weighted by Crippen LogP contribution is 2.13. The Morgan fingerprint density at radius 3 is 1.26 bits per heavy atom. The Labute approximate surface area is 191 Å². The predicted molar refractivity (Wildman–Crippen MR) is 102 cm³/mol. The average molecular weight is 486 g/mol. The van der Waals surface area contributed by atoms with E-state index in [1.165, 1.54) is 0 Å². The van der Waals surface area contributed by atoms with Crippen LogP contribution in [-0.4, -0.2) is 84.2 Å². The van der Waals surface area contributed by atoms with Gasteiger partial charge in [-0.25, -0.2) is 9.59 Å². The fourth-order valence-electron chi connectivity index (χ4n) is 2.57. The first-order chi connectivity index (χ1) is 16.2. The molecule has 2 heterocycles. The molecule has 2 aliphatic heterocycles. The fraction of sp³-hybridized carbons (Fsp3) is 0.556. The molecule has 2 fully saturated rings. The van der Waals surface area contributed by atoms with E-state index in [2.05, 4.69) is 29.8 Å². The SMILES string of the molecule is O=C(CCC(=O)NCCOC(=O)ON1C(=O)CCC1=O)NCCOC(=O)ON1C(=O)CCC1=O. The molecule has 2 rings (SSSR count). The Morgan fingerprint density at radius 1 is 0.618 bits per heavy atom. The molecule has 0 radical (unpaired) electrons. The van der Waals surface area contributed by atoms with Gasteiger partial charge < -0.3 is 20.1 Å². The molecule has 0 aliphatic carbocycles. The molecule has 0 aromatic heterocycles. The van der Waals surface area contributed by atoms with E-state index in [1.54, 1.807) is 0 Å². The fourth-order valence-corrected chi connectivity index (χ4v) is 2.57. The third kappa shape index (κ3) is 8.36. The average Bonchev–Trinajstić information content (AvgIpc) is 3.28. The third-order valence-corrected chi connectivity index (χ3v) is 4.21. The van der Waals surface area contributed by atoms with Crippen LogP contribution in [0.15, 0.2) is 0 Å². The minimum absolute atomic E-state index is 0.0572. The topological polar surface area (TPSA) is 204 Å². The van der Waals surface area contributed by atoms with E-state index in [9.17, 15) is 38.4 Å². The molecule has 0 aromatic rings. The summed E-state index contributed by atoms with van der Waals surface area (Å²) >= 11 is 0. The summed E-state index contributed by atoms with van der Waals surface area (Å²) in [6.07, 6.45) is -3.15. The van der Waals surface area contributed by atoms with E-state index < -0.39 is 47.8 Å². The maximum Gasteiger partial charge on any atom is 0.534 e. The first-order valence-electron chi connectivity index (χ1n) is 10.1. The highest BCUT2D eigenvalue weighted by Gasteiger charge is 2.34. The zero-order chi connectivity index (χ0) is 25.1. The molecule has 2 saturated heterocycles. The number of imide groups is 2. The summed E-state index contributed by atoms with van der Waals surface area (Å²) in [4.78, 5) is 100. The van der Waals surface area contributed by atoms with Crippen LogP contribution in [0.5, 0.6) is 0 Å². The summed E-state index contributed by atoms with van der Waals surface area (Å²) in [5.74, 6) is -3.66. The van der Waals surface area contributed by atoms with Gasteiger partial charge in [0.05, 0.1) is 13.1 Å². The molecule has 0 atom stereocenters. The lowest BCUT2D eigenvalue weighted by molar-refractivity contribution is -0.177. The van der Waals surface area contributed by atoms with Crippen molar-refractivity contribution in [1.82, 2.24) is 20.8 Å². The molecule has 6 amide bonds. The second-order valence-electron chi connectivity index (χ2n) is 6.74. The second kappa shape index (κ2) is 12.7. The van der Waals surface area contributed by atoms with Crippen molar-refractivity contribution in [2.45, 2.75) is 38.5 Å². The summed E-state index contributed by atoms with van der Waals surface area (Å²) in [7, 11) is 0. The summed E-state index contributed by atoms with van der Waals surface area (Å²) in [5, 5.41) is 5.41. The third-order valence-electron chi connectivity index (χ3n) is 4.21. The number of nitrogens with one attached hydrogen (secondary N) is 2. The van der Waals surface area contributed by atoms with Crippen molar-refractivity contribution in [1.29, 1.82) is 0 Å². The molecule has 0 spiro atoms. The quantitative estimate of drug-likeness (QED) is 0.193. The molecule has 34 heavy (non-hydrogen) atoms. The van der Waals surface area contributed by atoms with Crippen LogP contribution in [0.3, 0.4) is 0 Å². The van der Waals surface area contributed by atoms with E-state index >= 15 is 0 Å². The Morgan fingerprint density at radius 2 is 0.941 bits per heavy atom. The normalized spacial score (nSPS) is 15.3. The number of ether oxygens (including phenoxy) is 2. The van der Waals surface area contributed by atoms with E-state index in [0.29, 0.717) is 10.1 Å². The van der Waals surface area contributed by atoms with Crippen molar-refractivity contribution >= 4 is 47.8 Å². The van der Waals surface area contributed by atoms with Gasteiger partial charge in [0.15, 0.2) is 0 Å². The van der Waals surface area contributed by atoms with Crippen molar-refractivity contribution < 1.29 is 57.5 Å². The minimum Gasteiger partial charge on any atom is -0.431 e. The zero-order valence-electron chi connectivity index (χ0n) is 17.9. The molecule has 16 heteroatoms. The highest BCUT2D eigenvalue weighted by atomic mass is 16.8. The largest absolute Gasteiger partial charge is 0.534 e. The Bertz CT molecular complexity index is 771. The lowest BCUT2D eigenvalue weighted by Crippen LogP contribution is -2.34. The molecule has 0 aromatic carbocycles. The first-order valence-corrected chi connectivity index (χ1v) is 10.1. The van der Waals surface area contributed by atoms with Crippen LogP contribution in [0.1, 0.15) is 38.5 Å². The van der Waals surface area contributed by atoms with Gasteiger partial charge in [-0.15, -0.1) is 0 Å². The van der Waals surface area contributed by atoms with Crippen LogP contribution in [-0.2, 0) is 47.9 Å². The highest BCUT2D eigenvalue weighted by molar-refractivity contribution is 6.02. The van der Waals surface area contributed by atoms with Gasteiger partial charge in [-0.3, -0.25) is 38.4 Å². The van der Waals surface area contributed by atoms with Crippen LogP contribution in [0.2, 0.25) is 0 Å². The van der Waals surface area contributed by atoms with E-state index in [0.717, 1.165) is 0 Å². The summed E-state index contributed by atoms with van der Waals surface area (Å²) in [6, 6.07) is 0. The van der Waals surface area contributed by atoms with Crippen molar-refractivity contribution in [3.8, 4) is 0 Å². The Kier molecular flexibility index (Phi) is 9.72. The predicted octanol–water partition coefficient (Wildman–Crippen LogP) is -1.57. The van der Waals surface area contributed by atoms with Gasteiger partial charge in [0.2, 0.25) is 11.8 Å². The van der Waals surface area contributed by atoms with Gasteiger partial charge in [-0.2, -0.15) is 0 Å². The van der Waals surface area contributed by atoms with Crippen molar-refractivity contribution in [3.63, 3.8) is 0 Å². The van der Waals surface area contributed by atoms with E-state index in [-0.39, 0.29) is 64.8 Å². The maximum atomic E-state index is 11.7. The Balaban J connectivity index is 1.47. The Hall–Kier alpha value is -4.24. The molecule has 0 unspecified atom stereocenters. The number of hydrogen-bond acceptors (Lipinski definition) is 12. The van der Waals surface area contributed by atoms with Crippen LogP contribution < -0.4 is 10.6 Å². The van der Waals surface area contributed by atoms with Gasteiger partial charge >= 0.3 is 12.3 Å². The minimum atomic E-state index is -1.28. The van der Waals surface area contributed by atoms with Crippen molar-refractivity contribution in [2.75, 3.05) is 26.3 Å². The van der Waals surface area contributed by atoms with Gasteiger partial charge in [0, 0.05) is 38.5 Å². The number of nitrogens with zero attached hydrogens (tertiary/aromatic N) is 2. The summed E-state index contributed by atoms with van der Waals surface area (Å²) in [5.41, 5.74) is 0. The van der Waals surface area contributed by atoms with E-state index in [4.69, 9.17) is 0 Å². The number of rotatable bonds is 11. The van der Waals surface area contributed by atoms with Gasteiger partial charge in [0.25, 0.3) is 23.6 Å². The van der Waals surface area contributed by atoms with Gasteiger partial charge in [-0.05, 0) is 0 Å². The first kappa shape index (κ1) is 26.0. The molecule has 16 nitrogen and oxygen atoms in total. The number of hydrogen-bond donors (Lipinski definition) is 2. The van der Waals surface area contributed by atoms with Crippen LogP contribution in [0.25, 0.3) is 0 Å². The molecular formula is C18H22N4O12. The van der Waals surface area contributed by atoms with Gasteiger partial charge in [-0.1, -0.05) is 10.1 Å². The lowest BCUT2D eigenvalue weighted by Gasteiger charge is -2.12. The second-order valence-corrected chi connectivity index (χ2v) is 6.74. The van der Waals surface area contributed by atoms with Crippen LogP contribution >= 0.6 is 0 Å². The number of hydroxylamine groups is 4.